The van der Waals surface area contributed by atoms with Crippen LogP contribution in [0.5, 0.6) is 0 Å². The molecule has 6 heteroatoms. The number of nitrogens with two attached hydrogens (primary N) is 1. The van der Waals surface area contributed by atoms with Gasteiger partial charge in [-0.25, -0.2) is 0 Å². The van der Waals surface area contributed by atoms with Gasteiger partial charge in [-0.1, -0.05) is 0 Å². The number of rotatable bonds is 1. The molecule has 0 aromatic carbocycles. The van der Waals surface area contributed by atoms with Gasteiger partial charge in [-0.2, -0.15) is 13.2 Å². The number of hydrogen-bond acceptors (Lipinski definition) is 2. The molecule has 0 saturated carbocycles. The van der Waals surface area contributed by atoms with Gasteiger partial charge in [0.15, 0.2) is 0 Å². The van der Waals surface area contributed by atoms with Gasteiger partial charge >= 0.3 is 6.18 Å². The summed E-state index contributed by atoms with van der Waals surface area (Å²) >= 11 is 0. The van der Waals surface area contributed by atoms with Crippen molar-refractivity contribution in [3.8, 4) is 0 Å². The molecule has 0 fully saturated rings. The molecular weight excluding hydrogens is 139 g/mol. The van der Waals surface area contributed by atoms with Gasteiger partial charge in [-0.3, -0.25) is 4.79 Å². The molecule has 0 radical (unpaired) electrons. The van der Waals surface area contributed by atoms with Crippen LogP contribution >= 0.6 is 0 Å². The average molecular weight is 143 g/mol. The SMILES string of the molecule is NC(=O)[C@@H](O)C(F)(F)F. The highest BCUT2D eigenvalue weighted by Gasteiger charge is 2.42. The van der Waals surface area contributed by atoms with E-state index in [-0.39, 0.29) is 0 Å². The number of carbonyl (C=O) groups excluding carboxylic acids is 1. The number of aliphatic hydroxyl groups excluding tert-OH is 1. The number of carbonyl (C=O) groups is 1. The summed E-state index contributed by atoms with van der Waals surface area (Å²) in [6.45, 7) is 0. The van der Waals surface area contributed by atoms with Crippen LogP contribution in [-0.4, -0.2) is 23.3 Å². The number of amides is 1. The third-order valence-electron chi connectivity index (χ3n) is 0.580. The quantitative estimate of drug-likeness (QED) is 0.514. The van der Waals surface area contributed by atoms with Crippen LogP contribution in [0.4, 0.5) is 13.2 Å². The number of halogens is 3. The van der Waals surface area contributed by atoms with E-state index in [2.05, 4.69) is 5.73 Å². The zero-order chi connectivity index (χ0) is 7.65. The molecule has 0 rings (SSSR count). The van der Waals surface area contributed by atoms with Crippen LogP contribution < -0.4 is 5.73 Å². The van der Waals surface area contributed by atoms with Crippen LogP contribution in [0.25, 0.3) is 0 Å². The van der Waals surface area contributed by atoms with Crippen LogP contribution in [0.1, 0.15) is 0 Å². The Morgan fingerprint density at radius 2 is 1.89 bits per heavy atom. The molecule has 0 aromatic rings. The highest BCUT2D eigenvalue weighted by atomic mass is 19.4. The Morgan fingerprint density at radius 1 is 1.56 bits per heavy atom. The molecular formula is C3H4F3NO2. The molecule has 0 aromatic heterocycles. The van der Waals surface area contributed by atoms with Crippen molar-refractivity contribution in [1.82, 2.24) is 0 Å². The van der Waals surface area contributed by atoms with Gasteiger partial charge in [-0.05, 0) is 0 Å². The molecule has 0 spiro atoms. The first-order valence-corrected chi connectivity index (χ1v) is 1.90. The van der Waals surface area contributed by atoms with Gasteiger partial charge in [0.25, 0.3) is 5.91 Å². The topological polar surface area (TPSA) is 63.3 Å². The van der Waals surface area contributed by atoms with Crippen molar-refractivity contribution in [3.05, 3.63) is 0 Å². The van der Waals surface area contributed by atoms with Crippen LogP contribution in [0.15, 0.2) is 0 Å². The second-order valence-corrected chi connectivity index (χ2v) is 1.35. The Bertz CT molecular complexity index is 121. The molecule has 0 bridgehead atoms. The van der Waals surface area contributed by atoms with E-state index in [1.54, 1.807) is 0 Å². The Balaban J connectivity index is 4.04. The van der Waals surface area contributed by atoms with Gasteiger partial charge < -0.3 is 10.8 Å². The van der Waals surface area contributed by atoms with Crippen molar-refractivity contribution >= 4 is 5.91 Å². The van der Waals surface area contributed by atoms with Crippen molar-refractivity contribution in [1.29, 1.82) is 0 Å². The zero-order valence-electron chi connectivity index (χ0n) is 4.14. The zero-order valence-corrected chi connectivity index (χ0v) is 4.14. The van der Waals surface area contributed by atoms with E-state index >= 15 is 0 Å². The molecule has 54 valence electrons. The summed E-state index contributed by atoms with van der Waals surface area (Å²) in [5.74, 6) is -1.79. The minimum atomic E-state index is -4.94. The smallest absolute Gasteiger partial charge is 0.376 e. The molecule has 3 N–H and O–H groups in total. The fourth-order valence-corrected chi connectivity index (χ4v) is 0.161. The molecule has 0 aliphatic carbocycles. The Hall–Kier alpha value is -0.780. The Morgan fingerprint density at radius 3 is 1.89 bits per heavy atom. The van der Waals surface area contributed by atoms with E-state index in [1.165, 1.54) is 0 Å². The molecule has 0 aliphatic rings. The number of aliphatic hydroxyl groups is 1. The van der Waals surface area contributed by atoms with E-state index in [0.717, 1.165) is 0 Å². The fourth-order valence-electron chi connectivity index (χ4n) is 0.161. The first-order chi connectivity index (χ1) is 3.85. The van der Waals surface area contributed by atoms with E-state index in [0.29, 0.717) is 0 Å². The predicted molar refractivity (Wildman–Crippen MR) is 21.3 cm³/mol. The van der Waals surface area contributed by atoms with Gasteiger partial charge in [0.2, 0.25) is 6.10 Å². The Labute approximate surface area is 48.3 Å². The van der Waals surface area contributed by atoms with Crippen LogP contribution in [-0.2, 0) is 4.79 Å². The van der Waals surface area contributed by atoms with Crippen molar-refractivity contribution < 1.29 is 23.1 Å². The van der Waals surface area contributed by atoms with E-state index in [4.69, 9.17) is 5.11 Å². The third kappa shape index (κ3) is 2.31. The second kappa shape index (κ2) is 2.22. The van der Waals surface area contributed by atoms with Crippen LogP contribution in [0, 0.1) is 0 Å². The molecule has 1 amide bonds. The lowest BCUT2D eigenvalue weighted by atomic mass is 10.3. The molecule has 1 atom stereocenters. The summed E-state index contributed by atoms with van der Waals surface area (Å²) in [5, 5.41) is 7.86. The fraction of sp³-hybridized carbons (Fsp3) is 0.667. The normalized spacial score (nSPS) is 15.1. The molecule has 0 aliphatic heterocycles. The van der Waals surface area contributed by atoms with E-state index in [9.17, 15) is 18.0 Å². The monoisotopic (exact) mass is 143 g/mol. The maximum absolute atomic E-state index is 11.1. The first-order valence-electron chi connectivity index (χ1n) is 1.90. The summed E-state index contributed by atoms with van der Waals surface area (Å²) < 4.78 is 33.4. The highest BCUT2D eigenvalue weighted by molar-refractivity contribution is 5.79. The van der Waals surface area contributed by atoms with Crippen molar-refractivity contribution in [2.45, 2.75) is 12.3 Å². The Kier molecular flexibility index (Phi) is 2.03. The minimum Gasteiger partial charge on any atom is -0.376 e. The minimum absolute atomic E-state index is 1.79. The van der Waals surface area contributed by atoms with Crippen molar-refractivity contribution in [2.24, 2.45) is 5.73 Å². The third-order valence-corrected chi connectivity index (χ3v) is 0.580. The average Bonchev–Trinajstić information content (AvgIpc) is 1.62. The van der Waals surface area contributed by atoms with Gasteiger partial charge in [0.1, 0.15) is 0 Å². The summed E-state index contributed by atoms with van der Waals surface area (Å²) in [6, 6.07) is 0. The molecule has 0 saturated heterocycles. The van der Waals surface area contributed by atoms with Gasteiger partial charge in [0, 0.05) is 0 Å². The summed E-state index contributed by atoms with van der Waals surface area (Å²) in [7, 11) is 0. The number of hydrogen-bond donors (Lipinski definition) is 2. The summed E-state index contributed by atoms with van der Waals surface area (Å²) in [4.78, 5) is 9.60. The summed E-state index contributed by atoms with van der Waals surface area (Å²) in [5.41, 5.74) is 4.11. The van der Waals surface area contributed by atoms with Crippen molar-refractivity contribution in [3.63, 3.8) is 0 Å². The van der Waals surface area contributed by atoms with Gasteiger partial charge in [0.05, 0.1) is 0 Å². The highest BCUT2D eigenvalue weighted by Crippen LogP contribution is 2.18. The molecule has 0 heterocycles. The molecule has 9 heavy (non-hydrogen) atoms. The predicted octanol–water partition coefficient (Wildman–Crippen LogP) is -0.605. The van der Waals surface area contributed by atoms with Crippen LogP contribution in [0.2, 0.25) is 0 Å². The first kappa shape index (κ1) is 8.22. The van der Waals surface area contributed by atoms with E-state index in [1.807, 2.05) is 0 Å². The largest absolute Gasteiger partial charge is 0.423 e. The van der Waals surface area contributed by atoms with Gasteiger partial charge in [-0.15, -0.1) is 0 Å². The maximum Gasteiger partial charge on any atom is 0.423 e. The summed E-state index contributed by atoms with van der Waals surface area (Å²) in [6.07, 6.45) is -7.98. The lowest BCUT2D eigenvalue weighted by Gasteiger charge is -2.09. The van der Waals surface area contributed by atoms with E-state index < -0.39 is 18.2 Å². The number of primary amides is 1. The number of alkyl halides is 3. The lowest BCUT2D eigenvalue weighted by molar-refractivity contribution is -0.203. The standard InChI is InChI=1S/C3H4F3NO2/c4-3(5,6)1(8)2(7)9/h1,8H,(H2,7,9)/t1-/m1/s1. The maximum atomic E-state index is 11.1. The van der Waals surface area contributed by atoms with Crippen LogP contribution in [0.3, 0.4) is 0 Å². The lowest BCUT2D eigenvalue weighted by Crippen LogP contribution is -2.40. The molecule has 0 unspecified atom stereocenters. The van der Waals surface area contributed by atoms with Crippen molar-refractivity contribution in [2.75, 3.05) is 0 Å². The second-order valence-electron chi connectivity index (χ2n) is 1.35. The molecule has 3 nitrogen and oxygen atoms in total.